The van der Waals surface area contributed by atoms with Crippen LogP contribution in [0.4, 0.5) is 0 Å². The Kier molecular flexibility index (Phi) is 4.02. The minimum Gasteiger partial charge on any atom is -0.294 e. The number of rotatable bonds is 5. The first-order valence-corrected chi connectivity index (χ1v) is 9.16. The van der Waals surface area contributed by atoms with E-state index < -0.39 is 0 Å². The maximum Gasteiger partial charge on any atom is 0.163 e. The molecule has 4 heteroatoms. The highest BCUT2D eigenvalue weighted by Crippen LogP contribution is 2.58. The number of aromatic nitrogens is 1. The van der Waals surface area contributed by atoms with E-state index in [0.29, 0.717) is 29.1 Å². The van der Waals surface area contributed by atoms with Crippen LogP contribution in [0.15, 0.2) is 36.1 Å². The predicted molar refractivity (Wildman–Crippen MR) is 93.2 cm³/mol. The fraction of sp³-hybridized carbons (Fsp3) is 0.450. The molecule has 0 spiro atoms. The maximum absolute atomic E-state index is 13.1. The molecule has 1 aromatic rings. The fourth-order valence-electron chi connectivity index (χ4n) is 4.74. The second-order valence-electron chi connectivity index (χ2n) is 6.94. The van der Waals surface area contributed by atoms with Crippen LogP contribution in [0.5, 0.6) is 0 Å². The van der Waals surface area contributed by atoms with Gasteiger partial charge in [0, 0.05) is 29.5 Å². The molecule has 1 aromatic heterocycles. The normalized spacial score (nSPS) is 30.1. The third-order valence-electron chi connectivity index (χ3n) is 5.69. The van der Waals surface area contributed by atoms with Crippen molar-refractivity contribution < 1.29 is 4.79 Å². The highest BCUT2D eigenvalue weighted by molar-refractivity contribution is 6.17. The number of alkyl halides is 1. The third-order valence-corrected chi connectivity index (χ3v) is 5.96. The van der Waals surface area contributed by atoms with Crippen LogP contribution in [0, 0.1) is 35.0 Å². The lowest BCUT2D eigenvalue weighted by Gasteiger charge is -2.22. The number of hydrogen-bond acceptors (Lipinski definition) is 3. The lowest BCUT2D eigenvalue weighted by atomic mass is 9.81. The van der Waals surface area contributed by atoms with Gasteiger partial charge in [0.05, 0.1) is 17.3 Å². The number of hydrogen-bond donors (Lipinski definition) is 0. The first-order valence-electron chi connectivity index (χ1n) is 8.62. The van der Waals surface area contributed by atoms with E-state index >= 15 is 0 Å². The molecule has 0 N–H and O–H groups in total. The quantitative estimate of drug-likeness (QED) is 0.460. The second-order valence-corrected chi connectivity index (χ2v) is 7.32. The SMILES string of the molecule is N#Cc1ccnc(C2=C(CCCCCl)C(=O)[C@@H]3C4C=CC(C4)[C@H]23)c1. The number of pyridine rings is 1. The number of nitrogens with zero attached hydrogens (tertiary/aromatic N) is 2. The largest absolute Gasteiger partial charge is 0.294 e. The van der Waals surface area contributed by atoms with E-state index in [0.717, 1.165) is 42.5 Å². The Balaban J connectivity index is 1.78. The van der Waals surface area contributed by atoms with Crippen LogP contribution in [0.25, 0.3) is 5.57 Å². The van der Waals surface area contributed by atoms with Crippen LogP contribution in [-0.4, -0.2) is 16.6 Å². The molecule has 2 unspecified atom stereocenters. The Bertz CT molecular complexity index is 789. The highest BCUT2D eigenvalue weighted by Gasteiger charge is 2.55. The summed E-state index contributed by atoms with van der Waals surface area (Å²) < 4.78 is 0. The van der Waals surface area contributed by atoms with Crippen molar-refractivity contribution in [2.45, 2.75) is 25.7 Å². The fourth-order valence-corrected chi connectivity index (χ4v) is 4.92. The molecule has 4 atom stereocenters. The average molecular weight is 339 g/mol. The van der Waals surface area contributed by atoms with Gasteiger partial charge in [-0.05, 0) is 55.2 Å². The van der Waals surface area contributed by atoms with Crippen LogP contribution in [0.1, 0.15) is 36.9 Å². The smallest absolute Gasteiger partial charge is 0.163 e. The van der Waals surface area contributed by atoms with Gasteiger partial charge >= 0.3 is 0 Å². The van der Waals surface area contributed by atoms with E-state index in [1.165, 1.54) is 0 Å². The first kappa shape index (κ1) is 15.6. The predicted octanol–water partition coefficient (Wildman–Crippen LogP) is 4.14. The van der Waals surface area contributed by atoms with E-state index in [1.54, 1.807) is 12.3 Å². The number of carbonyl (C=O) groups excluding carboxylic acids is 1. The summed E-state index contributed by atoms with van der Waals surface area (Å²) in [5, 5.41) is 9.20. The van der Waals surface area contributed by atoms with E-state index in [9.17, 15) is 10.1 Å². The van der Waals surface area contributed by atoms with Crippen molar-refractivity contribution in [1.29, 1.82) is 5.26 Å². The molecule has 0 radical (unpaired) electrons. The number of Topliss-reactive ketones (excluding diaryl/α,β-unsaturated/α-hetero) is 1. The Morgan fingerprint density at radius 3 is 2.79 bits per heavy atom. The van der Waals surface area contributed by atoms with Gasteiger partial charge in [0.1, 0.15) is 0 Å². The number of nitriles is 1. The molecule has 4 rings (SSSR count). The molecule has 122 valence electrons. The minimum absolute atomic E-state index is 0.0912. The van der Waals surface area contributed by atoms with Crippen LogP contribution in [0.3, 0.4) is 0 Å². The van der Waals surface area contributed by atoms with Crippen molar-refractivity contribution in [2.75, 3.05) is 5.88 Å². The van der Waals surface area contributed by atoms with Crippen LogP contribution in [0.2, 0.25) is 0 Å². The first-order chi connectivity index (χ1) is 11.7. The molecule has 0 aromatic carbocycles. The van der Waals surface area contributed by atoms with Crippen molar-refractivity contribution in [1.82, 2.24) is 4.98 Å². The molecule has 1 heterocycles. The van der Waals surface area contributed by atoms with Gasteiger partial charge in [0.25, 0.3) is 0 Å². The van der Waals surface area contributed by atoms with Crippen molar-refractivity contribution in [2.24, 2.45) is 23.7 Å². The highest BCUT2D eigenvalue weighted by atomic mass is 35.5. The monoisotopic (exact) mass is 338 g/mol. The number of unbranched alkanes of at least 4 members (excludes halogenated alkanes) is 1. The molecule has 0 aliphatic heterocycles. The Labute approximate surface area is 147 Å². The van der Waals surface area contributed by atoms with Gasteiger partial charge in [-0.15, -0.1) is 11.6 Å². The molecule has 2 bridgehead atoms. The Morgan fingerprint density at radius 2 is 2.04 bits per heavy atom. The lowest BCUT2D eigenvalue weighted by Crippen LogP contribution is -2.22. The number of halogens is 1. The van der Waals surface area contributed by atoms with Gasteiger partial charge < -0.3 is 0 Å². The number of fused-ring (bicyclic) bond motifs is 5. The van der Waals surface area contributed by atoms with E-state index in [4.69, 9.17) is 11.6 Å². The molecule has 3 nitrogen and oxygen atoms in total. The van der Waals surface area contributed by atoms with E-state index in [-0.39, 0.29) is 11.8 Å². The summed E-state index contributed by atoms with van der Waals surface area (Å²) in [6.07, 6.45) is 9.87. The number of ketones is 1. The van der Waals surface area contributed by atoms with E-state index in [1.807, 2.05) is 6.07 Å². The summed E-state index contributed by atoms with van der Waals surface area (Å²) in [6.45, 7) is 0. The average Bonchev–Trinajstić information content (AvgIpc) is 3.28. The van der Waals surface area contributed by atoms with Gasteiger partial charge in [-0.1, -0.05) is 12.2 Å². The molecule has 3 aliphatic rings. The second kappa shape index (κ2) is 6.18. The molecule has 0 amide bonds. The zero-order valence-corrected chi connectivity index (χ0v) is 14.2. The third kappa shape index (κ3) is 2.32. The summed E-state index contributed by atoms with van der Waals surface area (Å²) in [7, 11) is 0. The molecular weight excluding hydrogens is 320 g/mol. The summed E-state index contributed by atoms with van der Waals surface area (Å²) >= 11 is 5.81. The zero-order chi connectivity index (χ0) is 16.7. The van der Waals surface area contributed by atoms with Gasteiger partial charge in [0.15, 0.2) is 5.78 Å². The molecule has 1 saturated carbocycles. The number of allylic oxidation sites excluding steroid dienone is 4. The van der Waals surface area contributed by atoms with Crippen molar-refractivity contribution in [3.8, 4) is 6.07 Å². The minimum atomic E-state index is 0.0912. The zero-order valence-electron chi connectivity index (χ0n) is 13.4. The van der Waals surface area contributed by atoms with Crippen molar-refractivity contribution in [3.63, 3.8) is 0 Å². The summed E-state index contributed by atoms with van der Waals surface area (Å²) in [5.74, 6) is 2.10. The molecule has 3 aliphatic carbocycles. The van der Waals surface area contributed by atoms with Gasteiger partial charge in [0.2, 0.25) is 0 Å². The topological polar surface area (TPSA) is 53.8 Å². The van der Waals surface area contributed by atoms with E-state index in [2.05, 4.69) is 23.2 Å². The van der Waals surface area contributed by atoms with Crippen LogP contribution in [-0.2, 0) is 4.79 Å². The Morgan fingerprint density at radius 1 is 1.25 bits per heavy atom. The van der Waals surface area contributed by atoms with Crippen molar-refractivity contribution in [3.05, 3.63) is 47.3 Å². The summed E-state index contributed by atoms with van der Waals surface area (Å²) in [6, 6.07) is 5.73. The van der Waals surface area contributed by atoms with Crippen LogP contribution < -0.4 is 0 Å². The van der Waals surface area contributed by atoms with Crippen molar-refractivity contribution >= 4 is 23.0 Å². The molecule has 1 fully saturated rings. The number of carbonyl (C=O) groups is 1. The standard InChI is InChI=1S/C20H19ClN2O/c21-7-2-1-3-15-19(16-9-12(11-22)6-8-23-16)17-13-4-5-14(10-13)18(17)20(15)24/h4-6,8-9,13-14,17-18H,1-3,7,10H2/t13?,14?,17-,18+/m0/s1. The Hall–Kier alpha value is -1.92. The molecular formula is C20H19ClN2O. The van der Waals surface area contributed by atoms with Crippen LogP contribution >= 0.6 is 11.6 Å². The molecule has 24 heavy (non-hydrogen) atoms. The maximum atomic E-state index is 13.1. The lowest BCUT2D eigenvalue weighted by molar-refractivity contribution is -0.119. The molecule has 0 saturated heterocycles. The van der Waals surface area contributed by atoms with Gasteiger partial charge in [-0.25, -0.2) is 0 Å². The van der Waals surface area contributed by atoms with Gasteiger partial charge in [-0.3, -0.25) is 9.78 Å². The summed E-state index contributed by atoms with van der Waals surface area (Å²) in [4.78, 5) is 17.6. The van der Waals surface area contributed by atoms with Gasteiger partial charge in [-0.2, -0.15) is 5.26 Å². The summed E-state index contributed by atoms with van der Waals surface area (Å²) in [5.41, 5.74) is 3.46.